The fourth-order valence-electron chi connectivity index (χ4n) is 2.95. The number of amidine groups is 1. The fraction of sp³-hybridized carbons (Fsp3) is 0.235. The maximum atomic E-state index is 5.98. The Morgan fingerprint density at radius 2 is 2.04 bits per heavy atom. The summed E-state index contributed by atoms with van der Waals surface area (Å²) < 4.78 is 4.06. The molecule has 0 saturated heterocycles. The van der Waals surface area contributed by atoms with Crippen molar-refractivity contribution in [1.82, 2.24) is 19.3 Å². The van der Waals surface area contributed by atoms with E-state index in [1.165, 1.54) is 5.56 Å². The molecule has 0 fully saturated rings. The number of aromatic nitrogens is 4. The highest BCUT2D eigenvalue weighted by Crippen LogP contribution is 2.23. The van der Waals surface area contributed by atoms with Crippen molar-refractivity contribution in [2.24, 2.45) is 10.7 Å². The van der Waals surface area contributed by atoms with Gasteiger partial charge in [-0.15, -0.1) is 0 Å². The van der Waals surface area contributed by atoms with Crippen LogP contribution in [0.4, 0.5) is 0 Å². The van der Waals surface area contributed by atoms with Gasteiger partial charge in [0.05, 0.1) is 30.7 Å². The Morgan fingerprint density at radius 3 is 2.87 bits per heavy atom. The van der Waals surface area contributed by atoms with Gasteiger partial charge in [-0.3, -0.25) is 9.67 Å². The molecule has 1 aromatic carbocycles. The third-order valence-electron chi connectivity index (χ3n) is 4.01. The van der Waals surface area contributed by atoms with Gasteiger partial charge in [0, 0.05) is 18.3 Å². The Bertz CT molecular complexity index is 858. The molecule has 1 aliphatic heterocycles. The zero-order chi connectivity index (χ0) is 15.8. The summed E-state index contributed by atoms with van der Waals surface area (Å²) in [5.41, 5.74) is 9.28. The molecule has 1 atom stereocenters. The molecule has 3 aromatic rings. The van der Waals surface area contributed by atoms with Crippen LogP contribution in [0.25, 0.3) is 11.3 Å². The molecule has 2 N–H and O–H groups in total. The molecule has 0 radical (unpaired) electrons. The van der Waals surface area contributed by atoms with Crippen molar-refractivity contribution in [3.63, 3.8) is 0 Å². The Labute approximate surface area is 134 Å². The van der Waals surface area contributed by atoms with E-state index in [4.69, 9.17) is 5.73 Å². The van der Waals surface area contributed by atoms with Crippen LogP contribution >= 0.6 is 0 Å². The van der Waals surface area contributed by atoms with Crippen LogP contribution in [0.1, 0.15) is 18.3 Å². The SMILES string of the molecule is CC1Cn2c(-c3cnn(Cc4ccccc4)c3)cnc2C(N)=N1. The lowest BCUT2D eigenvalue weighted by atomic mass is 10.2. The number of nitrogens with two attached hydrogens (primary N) is 1. The Kier molecular flexibility index (Phi) is 3.22. The van der Waals surface area contributed by atoms with Crippen LogP contribution in [-0.2, 0) is 13.1 Å². The van der Waals surface area contributed by atoms with Gasteiger partial charge in [0.15, 0.2) is 11.7 Å². The second kappa shape index (κ2) is 5.39. The van der Waals surface area contributed by atoms with E-state index in [2.05, 4.69) is 38.7 Å². The number of aliphatic imine (C=N–C) groups is 1. The summed E-state index contributed by atoms with van der Waals surface area (Å²) in [6, 6.07) is 10.5. The van der Waals surface area contributed by atoms with Gasteiger partial charge in [-0.25, -0.2) is 4.98 Å². The van der Waals surface area contributed by atoms with E-state index in [0.29, 0.717) is 5.84 Å². The van der Waals surface area contributed by atoms with E-state index in [0.717, 1.165) is 30.2 Å². The molecular formula is C17H18N6. The minimum atomic E-state index is 0.162. The van der Waals surface area contributed by atoms with Crippen molar-refractivity contribution >= 4 is 5.84 Å². The van der Waals surface area contributed by atoms with E-state index >= 15 is 0 Å². The largest absolute Gasteiger partial charge is 0.381 e. The van der Waals surface area contributed by atoms with Gasteiger partial charge >= 0.3 is 0 Å². The molecule has 0 spiro atoms. The average molecular weight is 306 g/mol. The molecule has 3 heterocycles. The first-order valence-electron chi connectivity index (χ1n) is 7.66. The minimum Gasteiger partial charge on any atom is -0.381 e. The normalized spacial score (nSPS) is 16.9. The Morgan fingerprint density at radius 1 is 1.22 bits per heavy atom. The lowest BCUT2D eigenvalue weighted by molar-refractivity contribution is 0.573. The van der Waals surface area contributed by atoms with Crippen LogP contribution < -0.4 is 5.73 Å². The molecule has 4 rings (SSSR count). The maximum absolute atomic E-state index is 5.98. The Hall–Kier alpha value is -2.89. The smallest absolute Gasteiger partial charge is 0.175 e. The monoisotopic (exact) mass is 306 g/mol. The van der Waals surface area contributed by atoms with Crippen LogP contribution in [-0.4, -0.2) is 31.2 Å². The third-order valence-corrected chi connectivity index (χ3v) is 4.01. The van der Waals surface area contributed by atoms with E-state index in [9.17, 15) is 0 Å². The van der Waals surface area contributed by atoms with Crippen LogP contribution in [0.2, 0.25) is 0 Å². The number of hydrogen-bond acceptors (Lipinski definition) is 4. The highest BCUT2D eigenvalue weighted by molar-refractivity contribution is 5.95. The van der Waals surface area contributed by atoms with Gasteiger partial charge in [-0.1, -0.05) is 30.3 Å². The van der Waals surface area contributed by atoms with E-state index in [1.54, 1.807) is 0 Å². The first kappa shape index (κ1) is 13.8. The molecule has 116 valence electrons. The Balaban J connectivity index is 1.65. The third kappa shape index (κ3) is 2.52. The fourth-order valence-corrected chi connectivity index (χ4v) is 2.95. The molecule has 0 amide bonds. The van der Waals surface area contributed by atoms with E-state index in [1.807, 2.05) is 41.5 Å². The number of fused-ring (bicyclic) bond motifs is 1. The predicted molar refractivity (Wildman–Crippen MR) is 89.2 cm³/mol. The molecule has 1 aliphatic rings. The van der Waals surface area contributed by atoms with E-state index in [-0.39, 0.29) is 6.04 Å². The topological polar surface area (TPSA) is 74.0 Å². The zero-order valence-electron chi connectivity index (χ0n) is 12.9. The number of benzene rings is 1. The second-order valence-corrected chi connectivity index (χ2v) is 5.85. The molecule has 0 aliphatic carbocycles. The highest BCUT2D eigenvalue weighted by atomic mass is 15.3. The summed E-state index contributed by atoms with van der Waals surface area (Å²) in [4.78, 5) is 8.79. The maximum Gasteiger partial charge on any atom is 0.175 e. The molecule has 1 unspecified atom stereocenters. The number of nitrogens with zero attached hydrogens (tertiary/aromatic N) is 5. The minimum absolute atomic E-state index is 0.162. The van der Waals surface area contributed by atoms with Gasteiger partial charge in [0.2, 0.25) is 0 Å². The number of rotatable bonds is 3. The van der Waals surface area contributed by atoms with Crippen LogP contribution in [0.5, 0.6) is 0 Å². The van der Waals surface area contributed by atoms with Gasteiger partial charge in [0.1, 0.15) is 0 Å². The van der Waals surface area contributed by atoms with Crippen molar-refractivity contribution in [2.45, 2.75) is 26.1 Å². The van der Waals surface area contributed by atoms with Gasteiger partial charge in [0.25, 0.3) is 0 Å². The predicted octanol–water partition coefficient (Wildman–Crippen LogP) is 1.90. The molecule has 6 heteroatoms. The summed E-state index contributed by atoms with van der Waals surface area (Å²) in [6.07, 6.45) is 5.77. The lowest BCUT2D eigenvalue weighted by Gasteiger charge is -2.19. The summed E-state index contributed by atoms with van der Waals surface area (Å²) in [5, 5.41) is 4.47. The molecule has 0 bridgehead atoms. The van der Waals surface area contributed by atoms with Gasteiger partial charge in [-0.05, 0) is 12.5 Å². The first-order chi connectivity index (χ1) is 11.2. The quantitative estimate of drug-likeness (QED) is 0.803. The number of imidazole rings is 1. The molecule has 6 nitrogen and oxygen atoms in total. The number of hydrogen-bond donors (Lipinski definition) is 1. The molecule has 0 saturated carbocycles. The van der Waals surface area contributed by atoms with Crippen molar-refractivity contribution in [3.05, 3.63) is 60.3 Å². The first-order valence-corrected chi connectivity index (χ1v) is 7.66. The molecule has 23 heavy (non-hydrogen) atoms. The van der Waals surface area contributed by atoms with Crippen LogP contribution in [0, 0.1) is 0 Å². The van der Waals surface area contributed by atoms with Crippen molar-refractivity contribution < 1.29 is 0 Å². The highest BCUT2D eigenvalue weighted by Gasteiger charge is 2.21. The summed E-state index contributed by atoms with van der Waals surface area (Å²) >= 11 is 0. The standard InChI is InChI=1S/C17H18N6/c1-12-9-23-15(8-19-17(23)16(18)21-12)14-7-20-22(11-14)10-13-5-3-2-4-6-13/h2-8,11-12H,9-10H2,1H3,(H2,18,21). The van der Waals surface area contributed by atoms with Crippen molar-refractivity contribution in [1.29, 1.82) is 0 Å². The summed E-state index contributed by atoms with van der Waals surface area (Å²) in [7, 11) is 0. The van der Waals surface area contributed by atoms with Gasteiger partial charge in [-0.2, -0.15) is 5.10 Å². The van der Waals surface area contributed by atoms with Crippen LogP contribution in [0.3, 0.4) is 0 Å². The molecule has 2 aromatic heterocycles. The van der Waals surface area contributed by atoms with E-state index < -0.39 is 0 Å². The molecular weight excluding hydrogens is 288 g/mol. The van der Waals surface area contributed by atoms with Gasteiger partial charge < -0.3 is 10.3 Å². The zero-order valence-corrected chi connectivity index (χ0v) is 12.9. The van der Waals surface area contributed by atoms with Crippen molar-refractivity contribution in [3.8, 4) is 11.3 Å². The second-order valence-electron chi connectivity index (χ2n) is 5.85. The summed E-state index contributed by atoms with van der Waals surface area (Å²) in [6.45, 7) is 3.59. The van der Waals surface area contributed by atoms with Crippen LogP contribution in [0.15, 0.2) is 53.9 Å². The summed E-state index contributed by atoms with van der Waals surface area (Å²) in [5.74, 6) is 1.25. The average Bonchev–Trinajstić information content (AvgIpc) is 3.15. The lowest BCUT2D eigenvalue weighted by Crippen LogP contribution is -2.29. The van der Waals surface area contributed by atoms with Crippen molar-refractivity contribution in [2.75, 3.05) is 0 Å².